The predicted octanol–water partition coefficient (Wildman–Crippen LogP) is 1.25. The fourth-order valence-corrected chi connectivity index (χ4v) is 4.11. The molecule has 1 aliphatic heterocycles. The maximum atomic E-state index is 12.1. The van der Waals surface area contributed by atoms with Crippen molar-refractivity contribution in [1.82, 2.24) is 4.90 Å². The minimum absolute atomic E-state index is 0.0111. The molecule has 0 radical (unpaired) electrons. The molecule has 0 aromatic heterocycles. The SMILES string of the molecule is CN(C(=O)/C=C/c1ccc(OCC#N)cc1)[C@H]1CCS(=O)(=O)C1. The Hall–Kier alpha value is -2.33. The number of rotatable bonds is 5. The quantitative estimate of drug-likeness (QED) is 0.756. The van der Waals surface area contributed by atoms with E-state index in [1.165, 1.54) is 11.0 Å². The third-order valence-corrected chi connectivity index (χ3v) is 5.46. The molecule has 0 spiro atoms. The van der Waals surface area contributed by atoms with E-state index in [0.29, 0.717) is 12.2 Å². The van der Waals surface area contributed by atoms with Crippen molar-refractivity contribution in [2.75, 3.05) is 25.2 Å². The average Bonchev–Trinajstić information content (AvgIpc) is 2.90. The summed E-state index contributed by atoms with van der Waals surface area (Å²) in [6, 6.07) is 8.62. The molecule has 1 atom stereocenters. The number of sulfone groups is 1. The molecule has 1 saturated heterocycles. The molecule has 0 aliphatic carbocycles. The lowest BCUT2D eigenvalue weighted by Crippen LogP contribution is -2.36. The second kappa shape index (κ2) is 7.29. The first kappa shape index (κ1) is 17.0. The highest BCUT2D eigenvalue weighted by Crippen LogP contribution is 2.17. The lowest BCUT2D eigenvalue weighted by atomic mass is 10.2. The maximum Gasteiger partial charge on any atom is 0.246 e. The van der Waals surface area contributed by atoms with Crippen LogP contribution in [0.15, 0.2) is 30.3 Å². The number of likely N-dealkylation sites (N-methyl/N-ethyl adjacent to an activating group) is 1. The van der Waals surface area contributed by atoms with Gasteiger partial charge in [-0.2, -0.15) is 5.26 Å². The van der Waals surface area contributed by atoms with Crippen molar-refractivity contribution < 1.29 is 17.9 Å². The van der Waals surface area contributed by atoms with E-state index in [9.17, 15) is 13.2 Å². The topological polar surface area (TPSA) is 87.5 Å². The summed E-state index contributed by atoms with van der Waals surface area (Å²) >= 11 is 0. The van der Waals surface area contributed by atoms with E-state index in [2.05, 4.69) is 0 Å². The molecule has 6 nitrogen and oxygen atoms in total. The zero-order chi connectivity index (χ0) is 16.9. The van der Waals surface area contributed by atoms with Gasteiger partial charge in [0.2, 0.25) is 5.91 Å². The molecule has 1 fully saturated rings. The largest absolute Gasteiger partial charge is 0.479 e. The number of nitrogens with zero attached hydrogens (tertiary/aromatic N) is 2. The molecule has 0 saturated carbocycles. The first-order chi connectivity index (χ1) is 10.9. The Morgan fingerprint density at radius 1 is 1.43 bits per heavy atom. The number of nitriles is 1. The fraction of sp³-hybridized carbons (Fsp3) is 0.375. The molecule has 1 amide bonds. The summed E-state index contributed by atoms with van der Waals surface area (Å²) in [6.45, 7) is -0.0111. The van der Waals surface area contributed by atoms with Crippen molar-refractivity contribution in [3.63, 3.8) is 0 Å². The molecule has 0 unspecified atom stereocenters. The molecular formula is C16H18N2O4S. The van der Waals surface area contributed by atoms with Crippen LogP contribution in [0.1, 0.15) is 12.0 Å². The molecule has 122 valence electrons. The third-order valence-electron chi connectivity index (χ3n) is 3.71. The summed E-state index contributed by atoms with van der Waals surface area (Å²) in [4.78, 5) is 13.6. The lowest BCUT2D eigenvalue weighted by molar-refractivity contribution is -0.126. The van der Waals surface area contributed by atoms with Gasteiger partial charge in [0, 0.05) is 19.2 Å². The minimum atomic E-state index is -3.01. The molecule has 23 heavy (non-hydrogen) atoms. The number of ether oxygens (including phenoxy) is 1. The van der Waals surface area contributed by atoms with Crippen molar-refractivity contribution in [2.45, 2.75) is 12.5 Å². The normalized spacial score (nSPS) is 19.4. The Morgan fingerprint density at radius 3 is 2.70 bits per heavy atom. The lowest BCUT2D eigenvalue weighted by Gasteiger charge is -2.21. The first-order valence-corrected chi connectivity index (χ1v) is 8.98. The van der Waals surface area contributed by atoms with Crippen LogP contribution in [0.5, 0.6) is 5.75 Å². The summed E-state index contributed by atoms with van der Waals surface area (Å²) in [5.74, 6) is 0.539. The smallest absolute Gasteiger partial charge is 0.246 e. The van der Waals surface area contributed by atoms with Crippen molar-refractivity contribution >= 4 is 21.8 Å². The van der Waals surface area contributed by atoms with Crippen molar-refractivity contribution in [2.24, 2.45) is 0 Å². The highest BCUT2D eigenvalue weighted by atomic mass is 32.2. The molecule has 7 heteroatoms. The number of amides is 1. The third kappa shape index (κ3) is 4.83. The highest BCUT2D eigenvalue weighted by molar-refractivity contribution is 7.91. The van der Waals surface area contributed by atoms with Crippen LogP contribution in [0, 0.1) is 11.3 Å². The zero-order valence-corrected chi connectivity index (χ0v) is 13.6. The van der Waals surface area contributed by atoms with E-state index >= 15 is 0 Å². The number of carbonyl (C=O) groups is 1. The van der Waals surface area contributed by atoms with Crippen molar-refractivity contribution in [1.29, 1.82) is 5.26 Å². The van der Waals surface area contributed by atoms with Crippen LogP contribution in [-0.2, 0) is 14.6 Å². The van der Waals surface area contributed by atoms with Crippen LogP contribution in [0.4, 0.5) is 0 Å². The number of hydrogen-bond acceptors (Lipinski definition) is 5. The molecular weight excluding hydrogens is 316 g/mol. The Bertz CT molecular complexity index is 732. The molecule has 1 aromatic carbocycles. The Kier molecular flexibility index (Phi) is 5.40. The second-order valence-corrected chi connectivity index (χ2v) is 7.58. The summed E-state index contributed by atoms with van der Waals surface area (Å²) in [5.41, 5.74) is 0.815. The second-order valence-electron chi connectivity index (χ2n) is 5.36. The van der Waals surface area contributed by atoms with Gasteiger partial charge < -0.3 is 9.64 Å². The molecule has 1 heterocycles. The number of carbonyl (C=O) groups excluding carboxylic acids is 1. The molecule has 0 bridgehead atoms. The summed E-state index contributed by atoms with van der Waals surface area (Å²) in [5, 5.41) is 8.44. The molecule has 1 aliphatic rings. The van der Waals surface area contributed by atoms with Crippen molar-refractivity contribution in [3.8, 4) is 11.8 Å². The van der Waals surface area contributed by atoms with Crippen LogP contribution >= 0.6 is 0 Å². The van der Waals surface area contributed by atoms with Crippen LogP contribution in [0.2, 0.25) is 0 Å². The Morgan fingerprint density at radius 2 is 2.13 bits per heavy atom. The van der Waals surface area contributed by atoms with Gasteiger partial charge in [-0.05, 0) is 30.2 Å². The van der Waals surface area contributed by atoms with Gasteiger partial charge in [-0.3, -0.25) is 4.79 Å². The molecule has 2 rings (SSSR count). The van der Waals surface area contributed by atoms with Crippen molar-refractivity contribution in [3.05, 3.63) is 35.9 Å². The van der Waals surface area contributed by atoms with Gasteiger partial charge in [0.05, 0.1) is 11.5 Å². The predicted molar refractivity (Wildman–Crippen MR) is 86.4 cm³/mol. The van der Waals surface area contributed by atoms with Gasteiger partial charge in [-0.1, -0.05) is 12.1 Å². The van der Waals surface area contributed by atoms with E-state index in [1.54, 1.807) is 37.4 Å². The van der Waals surface area contributed by atoms with E-state index in [-0.39, 0.29) is 30.1 Å². The van der Waals surface area contributed by atoms with Crippen LogP contribution < -0.4 is 4.74 Å². The highest BCUT2D eigenvalue weighted by Gasteiger charge is 2.31. The Balaban J connectivity index is 1.94. The van der Waals surface area contributed by atoms with Crippen LogP contribution in [0.3, 0.4) is 0 Å². The summed E-state index contributed by atoms with van der Waals surface area (Å²) < 4.78 is 28.1. The van der Waals surface area contributed by atoms with Crippen LogP contribution in [0.25, 0.3) is 6.08 Å². The van der Waals surface area contributed by atoms with Gasteiger partial charge in [-0.15, -0.1) is 0 Å². The first-order valence-electron chi connectivity index (χ1n) is 7.16. The minimum Gasteiger partial charge on any atom is -0.479 e. The number of hydrogen-bond donors (Lipinski definition) is 0. The monoisotopic (exact) mass is 334 g/mol. The molecule has 0 N–H and O–H groups in total. The van der Waals surface area contributed by atoms with E-state index < -0.39 is 9.84 Å². The van der Waals surface area contributed by atoms with Crippen LogP contribution in [-0.4, -0.2) is 50.4 Å². The summed E-state index contributed by atoms with van der Waals surface area (Å²) in [7, 11) is -1.39. The zero-order valence-electron chi connectivity index (χ0n) is 12.8. The standard InChI is InChI=1S/C16H18N2O4S/c1-18(14-8-11-23(20,21)12-14)16(19)7-4-13-2-5-15(6-3-13)22-10-9-17/h2-7,14H,8,10-12H2,1H3/b7-4+/t14-/m0/s1. The van der Waals surface area contributed by atoms with Gasteiger partial charge in [0.1, 0.15) is 11.8 Å². The average molecular weight is 334 g/mol. The maximum absolute atomic E-state index is 12.1. The van der Waals surface area contributed by atoms with E-state index in [1.807, 2.05) is 6.07 Å². The van der Waals surface area contributed by atoms with Gasteiger partial charge in [-0.25, -0.2) is 8.42 Å². The van der Waals surface area contributed by atoms with E-state index in [4.69, 9.17) is 10.00 Å². The van der Waals surface area contributed by atoms with E-state index in [0.717, 1.165) is 5.56 Å². The van der Waals surface area contributed by atoms with Gasteiger partial charge in [0.15, 0.2) is 16.4 Å². The fourth-order valence-electron chi connectivity index (χ4n) is 2.34. The Labute approximate surface area is 135 Å². The number of benzene rings is 1. The molecule has 1 aromatic rings. The van der Waals surface area contributed by atoms with Gasteiger partial charge in [0.25, 0.3) is 0 Å². The van der Waals surface area contributed by atoms with Gasteiger partial charge >= 0.3 is 0 Å². The summed E-state index contributed by atoms with van der Waals surface area (Å²) in [6.07, 6.45) is 3.58.